The van der Waals surface area contributed by atoms with Gasteiger partial charge in [-0.05, 0) is 60.8 Å². The Labute approximate surface area is 138 Å². The van der Waals surface area contributed by atoms with Crippen LogP contribution in [0.1, 0.15) is 60.8 Å². The third-order valence-corrected chi connectivity index (χ3v) is 3.12. The summed E-state index contributed by atoms with van der Waals surface area (Å²) in [5.74, 6) is 0. The van der Waals surface area contributed by atoms with Crippen LogP contribution < -0.4 is 10.6 Å². The number of ether oxygens (including phenoxy) is 2. The number of carbonyl (C=O) groups is 2. The quantitative estimate of drug-likeness (QED) is 0.722. The first-order valence-electron chi connectivity index (χ1n) is 8.01. The Hall–Kier alpha value is -1.50. The molecule has 1 aliphatic rings. The fourth-order valence-corrected chi connectivity index (χ4v) is 2.47. The standard InChI is InChI=1S/C16H30N2O5/c1-15(2,3)22-13(20)17-10-7-11(9-12(19)8-10)18-14(21)23-16(4,5)6/h10-12,19H,7-9H2,1-6H3,(H,17,20)(H,18,21). The molecule has 3 N–H and O–H groups in total. The van der Waals surface area contributed by atoms with E-state index in [1.807, 2.05) is 0 Å². The van der Waals surface area contributed by atoms with Crippen LogP contribution in [0.2, 0.25) is 0 Å². The molecule has 23 heavy (non-hydrogen) atoms. The fraction of sp³-hybridized carbons (Fsp3) is 0.875. The summed E-state index contributed by atoms with van der Waals surface area (Å²) in [5, 5.41) is 15.4. The Morgan fingerprint density at radius 3 is 1.48 bits per heavy atom. The molecule has 0 saturated heterocycles. The van der Waals surface area contributed by atoms with Crippen LogP contribution in [0.15, 0.2) is 0 Å². The second kappa shape index (κ2) is 7.38. The monoisotopic (exact) mass is 330 g/mol. The van der Waals surface area contributed by atoms with Gasteiger partial charge in [-0.1, -0.05) is 0 Å². The van der Waals surface area contributed by atoms with Crippen molar-refractivity contribution in [3.63, 3.8) is 0 Å². The summed E-state index contributed by atoms with van der Waals surface area (Å²) in [6.07, 6.45) is -0.239. The van der Waals surface area contributed by atoms with Crippen LogP contribution in [0.4, 0.5) is 9.59 Å². The van der Waals surface area contributed by atoms with E-state index in [2.05, 4.69) is 10.6 Å². The molecular formula is C16H30N2O5. The van der Waals surface area contributed by atoms with Crippen molar-refractivity contribution in [3.8, 4) is 0 Å². The van der Waals surface area contributed by atoms with Crippen molar-refractivity contribution in [2.75, 3.05) is 0 Å². The Morgan fingerprint density at radius 1 is 0.826 bits per heavy atom. The first-order chi connectivity index (χ1) is 10.3. The van der Waals surface area contributed by atoms with Gasteiger partial charge in [0.25, 0.3) is 0 Å². The lowest BCUT2D eigenvalue weighted by atomic mass is 9.89. The second-order valence-corrected chi connectivity index (χ2v) is 8.05. The minimum Gasteiger partial charge on any atom is -0.444 e. The van der Waals surface area contributed by atoms with E-state index in [1.54, 1.807) is 41.5 Å². The van der Waals surface area contributed by atoms with Crippen molar-refractivity contribution >= 4 is 12.2 Å². The maximum atomic E-state index is 11.8. The van der Waals surface area contributed by atoms with E-state index in [-0.39, 0.29) is 12.1 Å². The van der Waals surface area contributed by atoms with Crippen LogP contribution >= 0.6 is 0 Å². The molecule has 1 saturated carbocycles. The fourth-order valence-electron chi connectivity index (χ4n) is 2.47. The minimum absolute atomic E-state index is 0.256. The first kappa shape index (κ1) is 19.5. The van der Waals surface area contributed by atoms with Crippen LogP contribution in [0, 0.1) is 0 Å². The molecule has 2 amide bonds. The van der Waals surface area contributed by atoms with E-state index in [4.69, 9.17) is 9.47 Å². The largest absolute Gasteiger partial charge is 0.444 e. The summed E-state index contributed by atoms with van der Waals surface area (Å²) >= 11 is 0. The number of alkyl carbamates (subject to hydrolysis) is 2. The highest BCUT2D eigenvalue weighted by atomic mass is 16.6. The van der Waals surface area contributed by atoms with Crippen LogP contribution in [0.5, 0.6) is 0 Å². The zero-order valence-electron chi connectivity index (χ0n) is 14.9. The lowest BCUT2D eigenvalue weighted by Crippen LogP contribution is -2.51. The Kier molecular flexibility index (Phi) is 6.27. The highest BCUT2D eigenvalue weighted by Gasteiger charge is 2.31. The molecule has 1 fully saturated rings. The van der Waals surface area contributed by atoms with Gasteiger partial charge in [0.1, 0.15) is 11.2 Å². The molecule has 7 heteroatoms. The maximum Gasteiger partial charge on any atom is 0.407 e. The summed E-state index contributed by atoms with van der Waals surface area (Å²) in [6, 6.07) is -0.512. The van der Waals surface area contributed by atoms with Gasteiger partial charge in [0.05, 0.1) is 6.10 Å². The highest BCUT2D eigenvalue weighted by molar-refractivity contribution is 5.69. The number of hydrogen-bond donors (Lipinski definition) is 3. The number of amides is 2. The van der Waals surface area contributed by atoms with E-state index >= 15 is 0 Å². The summed E-state index contributed by atoms with van der Waals surface area (Å²) in [5.41, 5.74) is -1.16. The molecule has 0 aromatic rings. The predicted molar refractivity (Wildman–Crippen MR) is 86.2 cm³/mol. The number of aliphatic hydroxyl groups excluding tert-OH is 1. The Bertz CT molecular complexity index is 387. The van der Waals surface area contributed by atoms with Crippen molar-refractivity contribution < 1.29 is 24.2 Å². The number of rotatable bonds is 2. The first-order valence-corrected chi connectivity index (χ1v) is 8.01. The van der Waals surface area contributed by atoms with E-state index in [0.717, 1.165) is 0 Å². The molecule has 0 bridgehead atoms. The number of carbonyl (C=O) groups excluding carboxylic acids is 2. The molecule has 0 spiro atoms. The van der Waals surface area contributed by atoms with E-state index < -0.39 is 29.5 Å². The van der Waals surface area contributed by atoms with Crippen LogP contribution in [0.25, 0.3) is 0 Å². The molecule has 2 unspecified atom stereocenters. The molecule has 0 radical (unpaired) electrons. The number of nitrogens with one attached hydrogen (secondary N) is 2. The van der Waals surface area contributed by atoms with Crippen molar-refractivity contribution in [1.29, 1.82) is 0 Å². The van der Waals surface area contributed by atoms with E-state index in [9.17, 15) is 14.7 Å². The molecule has 2 atom stereocenters. The van der Waals surface area contributed by atoms with Gasteiger partial charge in [0.2, 0.25) is 0 Å². The molecule has 0 aliphatic heterocycles. The average Bonchev–Trinajstić information content (AvgIpc) is 2.20. The molecule has 1 rings (SSSR count). The van der Waals surface area contributed by atoms with Gasteiger partial charge >= 0.3 is 12.2 Å². The lowest BCUT2D eigenvalue weighted by Gasteiger charge is -2.34. The number of hydrogen-bond acceptors (Lipinski definition) is 5. The molecule has 0 aromatic carbocycles. The van der Waals surface area contributed by atoms with Gasteiger partial charge in [-0.3, -0.25) is 0 Å². The molecule has 134 valence electrons. The third kappa shape index (κ3) is 8.64. The third-order valence-electron chi connectivity index (χ3n) is 3.12. The van der Waals surface area contributed by atoms with Crippen LogP contribution in [-0.4, -0.2) is 46.7 Å². The summed E-state index contributed by atoms with van der Waals surface area (Å²) < 4.78 is 10.4. The molecule has 7 nitrogen and oxygen atoms in total. The topological polar surface area (TPSA) is 96.9 Å². The highest BCUT2D eigenvalue weighted by Crippen LogP contribution is 2.20. The van der Waals surface area contributed by atoms with Crippen LogP contribution in [0.3, 0.4) is 0 Å². The normalized spacial score (nSPS) is 25.4. The van der Waals surface area contributed by atoms with Crippen molar-refractivity contribution in [2.45, 2.75) is 90.2 Å². The van der Waals surface area contributed by atoms with Crippen molar-refractivity contribution in [3.05, 3.63) is 0 Å². The van der Waals surface area contributed by atoms with Gasteiger partial charge < -0.3 is 25.2 Å². The predicted octanol–water partition coefficient (Wildman–Crippen LogP) is 2.32. The average molecular weight is 330 g/mol. The van der Waals surface area contributed by atoms with Crippen LogP contribution in [-0.2, 0) is 9.47 Å². The maximum absolute atomic E-state index is 11.8. The number of aliphatic hydroxyl groups is 1. The van der Waals surface area contributed by atoms with Gasteiger partial charge in [-0.15, -0.1) is 0 Å². The van der Waals surface area contributed by atoms with Gasteiger partial charge in [-0.25, -0.2) is 9.59 Å². The molecule has 0 aromatic heterocycles. The summed E-state index contributed by atoms with van der Waals surface area (Å²) in [4.78, 5) is 23.6. The lowest BCUT2D eigenvalue weighted by molar-refractivity contribution is 0.0369. The second-order valence-electron chi connectivity index (χ2n) is 8.05. The van der Waals surface area contributed by atoms with E-state index in [0.29, 0.717) is 19.3 Å². The zero-order valence-corrected chi connectivity index (χ0v) is 14.9. The minimum atomic E-state index is -0.594. The Balaban J connectivity index is 2.52. The van der Waals surface area contributed by atoms with Gasteiger partial charge in [0.15, 0.2) is 0 Å². The smallest absolute Gasteiger partial charge is 0.407 e. The summed E-state index contributed by atoms with van der Waals surface area (Å²) in [6.45, 7) is 10.7. The Morgan fingerprint density at radius 2 is 1.17 bits per heavy atom. The van der Waals surface area contributed by atoms with Gasteiger partial charge in [-0.2, -0.15) is 0 Å². The van der Waals surface area contributed by atoms with Crippen molar-refractivity contribution in [2.24, 2.45) is 0 Å². The van der Waals surface area contributed by atoms with Crippen molar-refractivity contribution in [1.82, 2.24) is 10.6 Å². The van der Waals surface area contributed by atoms with Gasteiger partial charge in [0, 0.05) is 12.1 Å². The SMILES string of the molecule is CC(C)(C)OC(=O)NC1CC(O)CC(NC(=O)OC(C)(C)C)C1. The van der Waals surface area contributed by atoms with E-state index in [1.165, 1.54) is 0 Å². The molecule has 0 heterocycles. The molecular weight excluding hydrogens is 300 g/mol. The zero-order chi connectivity index (χ0) is 17.8. The summed E-state index contributed by atoms with van der Waals surface area (Å²) in [7, 11) is 0. The molecule has 1 aliphatic carbocycles.